The van der Waals surface area contributed by atoms with Crippen molar-refractivity contribution in [2.75, 3.05) is 6.61 Å². The molecule has 0 bridgehead atoms. The van der Waals surface area contributed by atoms with Crippen molar-refractivity contribution in [3.8, 4) is 5.75 Å². The first-order chi connectivity index (χ1) is 12.4. The van der Waals surface area contributed by atoms with E-state index in [1.807, 2.05) is 0 Å². The highest BCUT2D eigenvalue weighted by atomic mass is 19.4. The second kappa shape index (κ2) is 7.89. The van der Waals surface area contributed by atoms with Crippen molar-refractivity contribution in [1.82, 2.24) is 0 Å². The highest BCUT2D eigenvalue weighted by Crippen LogP contribution is 2.37. The Morgan fingerprint density at radius 2 is 1.63 bits per heavy atom. The Morgan fingerprint density at radius 3 is 2.15 bits per heavy atom. The van der Waals surface area contributed by atoms with E-state index in [9.17, 15) is 31.1 Å². The Morgan fingerprint density at radius 1 is 1.00 bits per heavy atom. The number of rotatable bonds is 5. The Kier molecular flexibility index (Phi) is 6.02. The summed E-state index contributed by atoms with van der Waals surface area (Å²) in [7, 11) is 0. The summed E-state index contributed by atoms with van der Waals surface area (Å²) >= 11 is 0. The van der Waals surface area contributed by atoms with E-state index in [2.05, 4.69) is 0 Å². The van der Waals surface area contributed by atoms with Crippen LogP contribution in [0.4, 0.5) is 26.3 Å². The van der Waals surface area contributed by atoms with Crippen molar-refractivity contribution in [2.24, 2.45) is 0 Å². The fourth-order valence-electron chi connectivity index (χ4n) is 2.31. The van der Waals surface area contributed by atoms with Gasteiger partial charge in [-0.1, -0.05) is 18.2 Å². The molecule has 0 radical (unpaired) electrons. The second-order valence-corrected chi connectivity index (χ2v) is 5.79. The van der Waals surface area contributed by atoms with E-state index in [-0.39, 0.29) is 30.4 Å². The molecule has 3 nitrogen and oxygen atoms in total. The van der Waals surface area contributed by atoms with Crippen LogP contribution < -0.4 is 4.74 Å². The predicted molar refractivity (Wildman–Crippen MR) is 84.3 cm³/mol. The Labute approximate surface area is 150 Å². The van der Waals surface area contributed by atoms with Gasteiger partial charge in [-0.15, -0.1) is 0 Å². The molecule has 9 heteroatoms. The number of ether oxygens (including phenoxy) is 1. The number of allylic oxidation sites excluding steroid dienone is 5. The summed E-state index contributed by atoms with van der Waals surface area (Å²) in [5, 5.41) is 8.68. The molecular weight excluding hydrogens is 378 g/mol. The summed E-state index contributed by atoms with van der Waals surface area (Å²) in [6.45, 7) is -0.340. The lowest BCUT2D eigenvalue weighted by Crippen LogP contribution is -2.16. The van der Waals surface area contributed by atoms with E-state index in [1.54, 1.807) is 0 Å². The molecule has 0 saturated heterocycles. The fourth-order valence-corrected chi connectivity index (χ4v) is 2.31. The van der Waals surface area contributed by atoms with Gasteiger partial charge in [0.2, 0.25) is 0 Å². The van der Waals surface area contributed by atoms with Crippen LogP contribution >= 0.6 is 0 Å². The summed E-state index contributed by atoms with van der Waals surface area (Å²) in [4.78, 5) is 10.6. The molecule has 0 fully saturated rings. The molecule has 0 saturated carbocycles. The highest BCUT2D eigenvalue weighted by molar-refractivity contribution is 5.70. The van der Waals surface area contributed by atoms with E-state index in [0.29, 0.717) is 11.6 Å². The van der Waals surface area contributed by atoms with E-state index in [0.717, 1.165) is 6.08 Å². The highest BCUT2D eigenvalue weighted by Gasteiger charge is 2.39. The van der Waals surface area contributed by atoms with Crippen LogP contribution in [0.25, 0.3) is 0 Å². The average molecular weight is 392 g/mol. The first-order valence-corrected chi connectivity index (χ1v) is 7.63. The number of alkyl halides is 6. The molecule has 0 heterocycles. The minimum absolute atomic E-state index is 0.0208. The number of hydrogen-bond donors (Lipinski definition) is 1. The molecule has 2 rings (SSSR count). The SMILES string of the molecule is O=C(O)Cc1ccc(OCC2=CC=C(C(F)(F)F)C=C(C(F)(F)F)C2)cc1. The molecule has 27 heavy (non-hydrogen) atoms. The van der Waals surface area contributed by atoms with Gasteiger partial charge in [0.1, 0.15) is 12.4 Å². The van der Waals surface area contributed by atoms with Crippen LogP contribution in [0.15, 0.2) is 59.2 Å². The Balaban J connectivity index is 2.13. The molecule has 0 aromatic heterocycles. The minimum Gasteiger partial charge on any atom is -0.489 e. The molecule has 1 aliphatic carbocycles. The minimum atomic E-state index is -4.90. The molecule has 1 aliphatic rings. The number of carbonyl (C=O) groups is 1. The first-order valence-electron chi connectivity index (χ1n) is 7.63. The van der Waals surface area contributed by atoms with Crippen LogP contribution in [0.2, 0.25) is 0 Å². The molecule has 0 atom stereocenters. The number of halogens is 6. The maximum Gasteiger partial charge on any atom is 0.416 e. The van der Waals surface area contributed by atoms with Crippen molar-refractivity contribution >= 4 is 5.97 Å². The lowest BCUT2D eigenvalue weighted by atomic mass is 10.1. The van der Waals surface area contributed by atoms with Gasteiger partial charge < -0.3 is 9.84 Å². The van der Waals surface area contributed by atoms with Crippen LogP contribution in [-0.2, 0) is 11.2 Å². The maximum absolute atomic E-state index is 13.0. The molecule has 0 aliphatic heterocycles. The number of carboxylic acid groups (broad SMARTS) is 1. The van der Waals surface area contributed by atoms with E-state index in [1.165, 1.54) is 24.3 Å². The van der Waals surface area contributed by atoms with Crippen LogP contribution in [-0.4, -0.2) is 30.0 Å². The van der Waals surface area contributed by atoms with Crippen molar-refractivity contribution in [3.63, 3.8) is 0 Å². The van der Waals surface area contributed by atoms with Gasteiger partial charge in [-0.25, -0.2) is 0 Å². The van der Waals surface area contributed by atoms with Gasteiger partial charge in [0.05, 0.1) is 12.0 Å². The largest absolute Gasteiger partial charge is 0.489 e. The van der Waals surface area contributed by atoms with Crippen molar-refractivity contribution in [3.05, 3.63) is 64.8 Å². The first kappa shape index (κ1) is 20.6. The number of carboxylic acids is 1. The molecule has 1 aromatic carbocycles. The monoisotopic (exact) mass is 392 g/mol. The third-order valence-electron chi connectivity index (χ3n) is 3.64. The van der Waals surface area contributed by atoms with Gasteiger partial charge in [0, 0.05) is 12.0 Å². The maximum atomic E-state index is 13.0. The van der Waals surface area contributed by atoms with Gasteiger partial charge >= 0.3 is 18.3 Å². The smallest absolute Gasteiger partial charge is 0.416 e. The van der Waals surface area contributed by atoms with Gasteiger partial charge in [0.15, 0.2) is 0 Å². The summed E-state index contributed by atoms with van der Waals surface area (Å²) in [6, 6.07) is 5.83. The quantitative estimate of drug-likeness (QED) is 0.718. The molecule has 0 amide bonds. The van der Waals surface area contributed by atoms with Crippen LogP contribution in [0, 0.1) is 0 Å². The third kappa shape index (κ3) is 6.19. The zero-order valence-electron chi connectivity index (χ0n) is 13.7. The number of benzene rings is 1. The Hall–Kier alpha value is -2.71. The van der Waals surface area contributed by atoms with E-state index >= 15 is 0 Å². The Bertz CT molecular complexity index is 783. The molecule has 146 valence electrons. The van der Waals surface area contributed by atoms with Crippen molar-refractivity contribution in [2.45, 2.75) is 25.2 Å². The zero-order chi connectivity index (χ0) is 20.2. The fraction of sp³-hybridized carbons (Fsp3) is 0.278. The summed E-state index contributed by atoms with van der Waals surface area (Å²) in [5.41, 5.74) is -2.17. The summed E-state index contributed by atoms with van der Waals surface area (Å²) in [5.74, 6) is -0.766. The van der Waals surface area contributed by atoms with Crippen LogP contribution in [0.3, 0.4) is 0 Å². The third-order valence-corrected chi connectivity index (χ3v) is 3.64. The van der Waals surface area contributed by atoms with Gasteiger partial charge in [-0.05, 0) is 35.4 Å². The van der Waals surface area contributed by atoms with Crippen LogP contribution in [0.5, 0.6) is 5.75 Å². The van der Waals surface area contributed by atoms with Gasteiger partial charge in [-0.3, -0.25) is 4.79 Å². The van der Waals surface area contributed by atoms with Gasteiger partial charge in [-0.2, -0.15) is 26.3 Å². The van der Waals surface area contributed by atoms with E-state index in [4.69, 9.17) is 9.84 Å². The molecule has 0 unspecified atom stereocenters. The second-order valence-electron chi connectivity index (χ2n) is 5.79. The number of hydrogen-bond acceptors (Lipinski definition) is 2. The average Bonchev–Trinajstić information content (AvgIpc) is 2.76. The predicted octanol–water partition coefficient (Wildman–Crippen LogP) is 5.00. The molecule has 1 N–H and O–H groups in total. The topological polar surface area (TPSA) is 46.5 Å². The van der Waals surface area contributed by atoms with E-state index < -0.39 is 35.9 Å². The van der Waals surface area contributed by atoms with Gasteiger partial charge in [0.25, 0.3) is 0 Å². The standard InChI is InChI=1S/C18H14F6O3/c19-17(20,21)13-4-1-12(7-14(9-13)18(22,23)24)10-27-15-5-2-11(3-6-15)8-16(25)26/h1-6,9H,7-8,10H2,(H,25,26). The lowest BCUT2D eigenvalue weighted by Gasteiger charge is -2.14. The zero-order valence-corrected chi connectivity index (χ0v) is 13.7. The van der Waals surface area contributed by atoms with Crippen LogP contribution in [0.1, 0.15) is 12.0 Å². The van der Waals surface area contributed by atoms with Crippen molar-refractivity contribution < 1.29 is 41.0 Å². The lowest BCUT2D eigenvalue weighted by molar-refractivity contribution is -0.136. The van der Waals surface area contributed by atoms with Crippen molar-refractivity contribution in [1.29, 1.82) is 0 Å². The molecule has 0 spiro atoms. The summed E-state index contributed by atoms with van der Waals surface area (Å²) in [6.07, 6.45) is -9.06. The number of aliphatic carboxylic acids is 1. The molecule has 1 aromatic rings. The summed E-state index contributed by atoms with van der Waals surface area (Å²) < 4.78 is 82.7. The normalized spacial score (nSPS) is 15.4. The molecular formula is C18H14F6O3.